The van der Waals surface area contributed by atoms with Crippen molar-refractivity contribution in [3.8, 4) is 17.0 Å². The van der Waals surface area contributed by atoms with Gasteiger partial charge in [-0.1, -0.05) is 12.1 Å². The molecule has 1 radical (unpaired) electrons. The van der Waals surface area contributed by atoms with Crippen LogP contribution in [0.3, 0.4) is 0 Å². The number of ether oxygens (including phenoxy) is 1. The van der Waals surface area contributed by atoms with E-state index in [9.17, 15) is 0 Å². The standard InChI is InChI=1S/C14H11N2O/c1-17-13-3-2-7-16-14(13)11-5-4-10-6-8-15-12(10)9-11/h2,4-9,15H,1H3. The number of aromatic nitrogens is 2. The van der Waals surface area contributed by atoms with Crippen molar-refractivity contribution in [2.75, 3.05) is 7.11 Å². The molecule has 0 bridgehead atoms. The molecule has 0 atom stereocenters. The Kier molecular flexibility index (Phi) is 2.29. The molecule has 3 nitrogen and oxygen atoms in total. The molecule has 0 amide bonds. The van der Waals surface area contributed by atoms with E-state index in [0.29, 0.717) is 5.75 Å². The molecule has 0 aliphatic heterocycles. The number of nitrogens with zero attached hydrogens (tertiary/aromatic N) is 1. The van der Waals surface area contributed by atoms with Crippen LogP contribution in [0, 0.1) is 6.07 Å². The molecule has 2 heterocycles. The second kappa shape index (κ2) is 3.94. The minimum Gasteiger partial charge on any atom is -0.494 e. The fraction of sp³-hybridized carbons (Fsp3) is 0.0714. The molecular formula is C14H11N2O. The van der Waals surface area contributed by atoms with Crippen LogP contribution in [0.1, 0.15) is 0 Å². The van der Waals surface area contributed by atoms with E-state index in [0.717, 1.165) is 16.8 Å². The number of hydrogen-bond acceptors (Lipinski definition) is 2. The lowest BCUT2D eigenvalue weighted by molar-refractivity contribution is 0.414. The van der Waals surface area contributed by atoms with E-state index in [1.165, 1.54) is 5.39 Å². The van der Waals surface area contributed by atoms with Gasteiger partial charge in [0, 0.05) is 29.5 Å². The summed E-state index contributed by atoms with van der Waals surface area (Å²) < 4.78 is 5.27. The van der Waals surface area contributed by atoms with Crippen LogP contribution >= 0.6 is 0 Å². The van der Waals surface area contributed by atoms with Crippen LogP contribution in [-0.4, -0.2) is 17.1 Å². The van der Waals surface area contributed by atoms with Crippen LogP contribution in [0.5, 0.6) is 5.75 Å². The Labute approximate surface area is 99.1 Å². The molecule has 2 aromatic heterocycles. The maximum atomic E-state index is 5.27. The average Bonchev–Trinajstić information content (AvgIpc) is 2.85. The van der Waals surface area contributed by atoms with E-state index >= 15 is 0 Å². The molecule has 3 aromatic rings. The molecule has 0 saturated carbocycles. The van der Waals surface area contributed by atoms with Gasteiger partial charge < -0.3 is 9.72 Å². The Balaban J connectivity index is 2.19. The number of benzene rings is 1. The Morgan fingerprint density at radius 3 is 3.12 bits per heavy atom. The summed E-state index contributed by atoms with van der Waals surface area (Å²) in [6.45, 7) is 0. The summed E-state index contributed by atoms with van der Waals surface area (Å²) >= 11 is 0. The number of aromatic amines is 1. The van der Waals surface area contributed by atoms with Crippen LogP contribution < -0.4 is 4.74 Å². The molecule has 3 heteroatoms. The third-order valence-corrected chi connectivity index (χ3v) is 2.74. The predicted octanol–water partition coefficient (Wildman–Crippen LogP) is 3.04. The van der Waals surface area contributed by atoms with Crippen molar-refractivity contribution in [3.63, 3.8) is 0 Å². The van der Waals surface area contributed by atoms with E-state index in [1.54, 1.807) is 19.4 Å². The van der Waals surface area contributed by atoms with Crippen molar-refractivity contribution in [3.05, 3.63) is 48.8 Å². The fourth-order valence-electron chi connectivity index (χ4n) is 1.91. The topological polar surface area (TPSA) is 37.9 Å². The van der Waals surface area contributed by atoms with Gasteiger partial charge in [-0.15, -0.1) is 0 Å². The number of nitrogens with one attached hydrogen (secondary N) is 1. The van der Waals surface area contributed by atoms with Crippen LogP contribution in [-0.2, 0) is 0 Å². The molecule has 1 N–H and O–H groups in total. The smallest absolute Gasteiger partial charge is 0.153 e. The van der Waals surface area contributed by atoms with Crippen molar-refractivity contribution < 1.29 is 4.74 Å². The Morgan fingerprint density at radius 2 is 2.24 bits per heavy atom. The highest BCUT2D eigenvalue weighted by atomic mass is 16.5. The first-order valence-corrected chi connectivity index (χ1v) is 5.36. The molecule has 0 fully saturated rings. The Bertz CT molecular complexity index is 658. The van der Waals surface area contributed by atoms with Gasteiger partial charge in [-0.05, 0) is 23.6 Å². The number of methoxy groups -OCH3 is 1. The largest absolute Gasteiger partial charge is 0.494 e. The van der Waals surface area contributed by atoms with Gasteiger partial charge in [-0.3, -0.25) is 4.98 Å². The summed E-state index contributed by atoms with van der Waals surface area (Å²) in [6, 6.07) is 13.0. The van der Waals surface area contributed by atoms with Gasteiger partial charge in [0.05, 0.1) is 7.11 Å². The minimum atomic E-state index is 0.665. The van der Waals surface area contributed by atoms with Crippen molar-refractivity contribution in [2.45, 2.75) is 0 Å². The Morgan fingerprint density at radius 1 is 1.29 bits per heavy atom. The van der Waals surface area contributed by atoms with Gasteiger partial charge in [0.2, 0.25) is 0 Å². The predicted molar refractivity (Wildman–Crippen MR) is 66.9 cm³/mol. The van der Waals surface area contributed by atoms with E-state index < -0.39 is 0 Å². The summed E-state index contributed by atoms with van der Waals surface area (Å²) in [5.41, 5.74) is 2.93. The highest BCUT2D eigenvalue weighted by molar-refractivity contribution is 5.85. The Hall–Kier alpha value is -2.29. The second-order valence-corrected chi connectivity index (χ2v) is 3.75. The number of pyridine rings is 1. The molecule has 0 spiro atoms. The number of H-pyrrole nitrogens is 1. The van der Waals surface area contributed by atoms with Crippen LogP contribution in [0.2, 0.25) is 0 Å². The third-order valence-electron chi connectivity index (χ3n) is 2.74. The maximum Gasteiger partial charge on any atom is 0.153 e. The van der Waals surface area contributed by atoms with Gasteiger partial charge in [0.15, 0.2) is 5.75 Å². The van der Waals surface area contributed by atoms with Crippen molar-refractivity contribution in [1.82, 2.24) is 9.97 Å². The van der Waals surface area contributed by atoms with E-state index in [1.807, 2.05) is 18.3 Å². The molecule has 0 aliphatic carbocycles. The summed E-state index contributed by atoms with van der Waals surface area (Å²) in [5, 5.41) is 1.19. The van der Waals surface area contributed by atoms with E-state index in [4.69, 9.17) is 4.74 Å². The zero-order valence-electron chi connectivity index (χ0n) is 9.40. The zero-order chi connectivity index (χ0) is 11.7. The van der Waals surface area contributed by atoms with Gasteiger partial charge in [-0.25, -0.2) is 0 Å². The fourth-order valence-corrected chi connectivity index (χ4v) is 1.91. The SMILES string of the molecule is COc1[c]ccnc1-c1ccc2cc[nH]c2c1. The molecule has 3 rings (SSSR count). The van der Waals surface area contributed by atoms with Crippen LogP contribution in [0.25, 0.3) is 22.2 Å². The zero-order valence-corrected chi connectivity index (χ0v) is 9.40. The first-order chi connectivity index (χ1) is 8.38. The molecule has 0 aliphatic rings. The minimum absolute atomic E-state index is 0.665. The van der Waals surface area contributed by atoms with Gasteiger partial charge in [0.25, 0.3) is 0 Å². The molecular weight excluding hydrogens is 212 g/mol. The van der Waals surface area contributed by atoms with E-state index in [2.05, 4.69) is 28.2 Å². The molecule has 17 heavy (non-hydrogen) atoms. The molecule has 1 aromatic carbocycles. The maximum absolute atomic E-state index is 5.27. The summed E-state index contributed by atoms with van der Waals surface area (Å²) in [6.07, 6.45) is 3.65. The van der Waals surface area contributed by atoms with E-state index in [-0.39, 0.29) is 0 Å². The average molecular weight is 223 g/mol. The van der Waals surface area contributed by atoms with Crippen molar-refractivity contribution in [1.29, 1.82) is 0 Å². The third kappa shape index (κ3) is 1.65. The second-order valence-electron chi connectivity index (χ2n) is 3.75. The van der Waals surface area contributed by atoms with Gasteiger partial charge in [0.1, 0.15) is 5.69 Å². The monoisotopic (exact) mass is 223 g/mol. The highest BCUT2D eigenvalue weighted by Crippen LogP contribution is 2.28. The normalized spacial score (nSPS) is 10.6. The quantitative estimate of drug-likeness (QED) is 0.725. The summed E-state index contributed by atoms with van der Waals surface area (Å²) in [7, 11) is 1.63. The van der Waals surface area contributed by atoms with Crippen molar-refractivity contribution >= 4 is 10.9 Å². The summed E-state index contributed by atoms with van der Waals surface area (Å²) in [4.78, 5) is 7.53. The number of hydrogen-bond donors (Lipinski definition) is 1. The lowest BCUT2D eigenvalue weighted by Gasteiger charge is -2.06. The summed E-state index contributed by atoms with van der Waals surface area (Å²) in [5.74, 6) is 0.665. The molecule has 0 unspecified atom stereocenters. The first-order valence-electron chi connectivity index (χ1n) is 5.36. The number of rotatable bonds is 2. The molecule has 0 saturated heterocycles. The van der Waals surface area contributed by atoms with Gasteiger partial charge >= 0.3 is 0 Å². The highest BCUT2D eigenvalue weighted by Gasteiger charge is 2.07. The lowest BCUT2D eigenvalue weighted by Crippen LogP contribution is -1.90. The molecule has 83 valence electrons. The van der Waals surface area contributed by atoms with Crippen LogP contribution in [0.15, 0.2) is 42.7 Å². The first kappa shape index (κ1) is 9.90. The van der Waals surface area contributed by atoms with Crippen molar-refractivity contribution in [2.24, 2.45) is 0 Å². The lowest BCUT2D eigenvalue weighted by atomic mass is 10.1. The van der Waals surface area contributed by atoms with Gasteiger partial charge in [-0.2, -0.15) is 0 Å². The van der Waals surface area contributed by atoms with Crippen LogP contribution in [0.4, 0.5) is 0 Å². The number of fused-ring (bicyclic) bond motifs is 1.